The molecule has 3 heterocycles. The van der Waals surface area contributed by atoms with E-state index >= 15 is 0 Å². The van der Waals surface area contributed by atoms with Gasteiger partial charge in [-0.05, 0) is 49.2 Å². The molecule has 0 unspecified atom stereocenters. The average Bonchev–Trinajstić information content (AvgIpc) is 3.11. The third-order valence-corrected chi connectivity index (χ3v) is 4.33. The van der Waals surface area contributed by atoms with Crippen molar-refractivity contribution in [2.45, 2.75) is 20.4 Å². The van der Waals surface area contributed by atoms with Crippen molar-refractivity contribution < 1.29 is 14.3 Å². The van der Waals surface area contributed by atoms with Crippen molar-refractivity contribution in [3.63, 3.8) is 0 Å². The molecule has 3 aromatic rings. The maximum atomic E-state index is 12.6. The number of Topliss-reactive ketones (excluding diaryl/α,β-unsaturated/α-hetero) is 1. The molecule has 0 radical (unpaired) electrons. The first kappa shape index (κ1) is 15.4. The number of pyridine rings is 1. The fourth-order valence-electron chi connectivity index (χ4n) is 3.06. The fraction of sp³-hybridized carbons (Fsp3) is 0.211. The third kappa shape index (κ3) is 2.65. The monoisotopic (exact) mass is 335 g/mol. The number of hydrogen-bond donors (Lipinski definition) is 1. The van der Waals surface area contributed by atoms with Gasteiger partial charge in [-0.25, -0.2) is 4.98 Å². The lowest BCUT2D eigenvalue weighted by Crippen LogP contribution is -2.25. The van der Waals surface area contributed by atoms with Crippen molar-refractivity contribution in [3.8, 4) is 5.75 Å². The Kier molecular flexibility index (Phi) is 3.53. The number of hydrogen-bond acceptors (Lipinski definition) is 4. The maximum absolute atomic E-state index is 12.6. The van der Waals surface area contributed by atoms with Crippen LogP contribution >= 0.6 is 0 Å². The van der Waals surface area contributed by atoms with Gasteiger partial charge >= 0.3 is 0 Å². The lowest BCUT2D eigenvalue weighted by atomic mass is 10.1. The van der Waals surface area contributed by atoms with Crippen LogP contribution in [0.4, 0.5) is 0 Å². The number of carbonyl (C=O) groups is 2. The zero-order valence-electron chi connectivity index (χ0n) is 14.0. The Hall–Kier alpha value is -3.15. The molecule has 0 saturated heterocycles. The molecule has 1 amide bonds. The van der Waals surface area contributed by atoms with Crippen molar-refractivity contribution >= 4 is 17.3 Å². The van der Waals surface area contributed by atoms with Crippen LogP contribution in [0.5, 0.6) is 5.75 Å². The molecule has 6 heteroatoms. The second kappa shape index (κ2) is 5.73. The van der Waals surface area contributed by atoms with Crippen LogP contribution in [0.2, 0.25) is 0 Å². The first-order chi connectivity index (χ1) is 12.0. The van der Waals surface area contributed by atoms with E-state index in [0.717, 1.165) is 16.8 Å². The summed E-state index contributed by atoms with van der Waals surface area (Å²) < 4.78 is 7.06. The van der Waals surface area contributed by atoms with E-state index in [0.29, 0.717) is 29.2 Å². The zero-order chi connectivity index (χ0) is 17.6. The highest BCUT2D eigenvalue weighted by molar-refractivity contribution is 6.02. The van der Waals surface area contributed by atoms with Gasteiger partial charge in [-0.1, -0.05) is 6.07 Å². The van der Waals surface area contributed by atoms with Crippen LogP contribution in [-0.4, -0.2) is 27.7 Å². The second-order valence-electron chi connectivity index (χ2n) is 6.20. The molecule has 4 rings (SSSR count). The van der Waals surface area contributed by atoms with Crippen molar-refractivity contribution in [2.75, 3.05) is 6.61 Å². The van der Waals surface area contributed by atoms with Crippen LogP contribution in [0.3, 0.4) is 0 Å². The Morgan fingerprint density at radius 3 is 2.96 bits per heavy atom. The number of carbonyl (C=O) groups excluding carboxylic acids is 2. The number of ketones is 1. The molecular formula is C19H17N3O3. The summed E-state index contributed by atoms with van der Waals surface area (Å²) in [6.45, 7) is 4.23. The molecule has 0 spiro atoms. The number of imidazole rings is 1. The normalized spacial score (nSPS) is 13.0. The van der Waals surface area contributed by atoms with Gasteiger partial charge in [0.05, 0.1) is 11.3 Å². The minimum Gasteiger partial charge on any atom is -0.485 e. The van der Waals surface area contributed by atoms with Gasteiger partial charge in [0.25, 0.3) is 5.91 Å². The largest absolute Gasteiger partial charge is 0.485 e. The predicted octanol–water partition coefficient (Wildman–Crippen LogP) is 2.46. The summed E-state index contributed by atoms with van der Waals surface area (Å²) >= 11 is 0. The number of aryl methyl sites for hydroxylation is 2. The molecule has 25 heavy (non-hydrogen) atoms. The summed E-state index contributed by atoms with van der Waals surface area (Å²) in [6.07, 6.45) is 1.85. The average molecular weight is 335 g/mol. The number of benzene rings is 1. The van der Waals surface area contributed by atoms with Crippen LogP contribution in [0.1, 0.15) is 37.7 Å². The predicted molar refractivity (Wildman–Crippen MR) is 92.1 cm³/mol. The van der Waals surface area contributed by atoms with Crippen LogP contribution in [-0.2, 0) is 6.54 Å². The zero-order valence-corrected chi connectivity index (χ0v) is 14.0. The number of fused-ring (bicyclic) bond motifs is 2. The number of amides is 1. The SMILES string of the molecule is Cc1ccn2c(C(=O)NCc3ccc4c(c3)C(=O)CO4)c(C)nc2c1. The maximum Gasteiger partial charge on any atom is 0.270 e. The van der Waals surface area contributed by atoms with Gasteiger partial charge in [0.2, 0.25) is 5.78 Å². The standard InChI is InChI=1S/C19H17N3O3/c1-11-5-6-22-17(7-11)21-12(2)18(22)19(24)20-9-13-3-4-16-14(8-13)15(23)10-25-16/h3-8H,9-10H2,1-2H3,(H,20,24). The van der Waals surface area contributed by atoms with Crippen molar-refractivity contribution in [2.24, 2.45) is 0 Å². The molecule has 0 atom stereocenters. The molecule has 0 aliphatic carbocycles. The molecule has 1 N–H and O–H groups in total. The Bertz CT molecular complexity index is 1020. The Morgan fingerprint density at radius 2 is 2.12 bits per heavy atom. The van der Waals surface area contributed by atoms with E-state index in [-0.39, 0.29) is 18.3 Å². The highest BCUT2D eigenvalue weighted by Gasteiger charge is 2.21. The Balaban J connectivity index is 1.56. The first-order valence-electron chi connectivity index (χ1n) is 8.05. The van der Waals surface area contributed by atoms with Gasteiger partial charge in [-0.3, -0.25) is 14.0 Å². The van der Waals surface area contributed by atoms with E-state index in [4.69, 9.17) is 4.74 Å². The number of nitrogens with one attached hydrogen (secondary N) is 1. The molecule has 1 aliphatic rings. The first-order valence-corrected chi connectivity index (χ1v) is 8.05. The summed E-state index contributed by atoms with van der Waals surface area (Å²) in [7, 11) is 0. The van der Waals surface area contributed by atoms with Gasteiger partial charge in [-0.15, -0.1) is 0 Å². The molecule has 2 aromatic heterocycles. The Morgan fingerprint density at radius 1 is 1.28 bits per heavy atom. The highest BCUT2D eigenvalue weighted by Crippen LogP contribution is 2.26. The minimum absolute atomic E-state index is 0.0313. The van der Waals surface area contributed by atoms with Gasteiger partial charge in [-0.2, -0.15) is 0 Å². The second-order valence-corrected chi connectivity index (χ2v) is 6.20. The van der Waals surface area contributed by atoms with E-state index in [1.54, 1.807) is 16.5 Å². The summed E-state index contributed by atoms with van der Waals surface area (Å²) in [6, 6.07) is 9.27. The van der Waals surface area contributed by atoms with Crippen LogP contribution in [0.25, 0.3) is 5.65 Å². The van der Waals surface area contributed by atoms with Crippen LogP contribution < -0.4 is 10.1 Å². The van der Waals surface area contributed by atoms with E-state index < -0.39 is 0 Å². The van der Waals surface area contributed by atoms with Crippen molar-refractivity contribution in [3.05, 3.63) is 64.6 Å². The number of ether oxygens (including phenoxy) is 1. The van der Waals surface area contributed by atoms with Crippen LogP contribution in [0.15, 0.2) is 36.5 Å². The van der Waals surface area contributed by atoms with E-state index in [9.17, 15) is 9.59 Å². The lowest BCUT2D eigenvalue weighted by Gasteiger charge is -2.07. The lowest BCUT2D eigenvalue weighted by molar-refractivity contribution is 0.0942. The molecule has 126 valence electrons. The molecule has 0 saturated carbocycles. The summed E-state index contributed by atoms with van der Waals surface area (Å²) in [5.41, 5.74) is 4.48. The highest BCUT2D eigenvalue weighted by atomic mass is 16.5. The van der Waals surface area contributed by atoms with E-state index in [1.807, 2.05) is 38.2 Å². The van der Waals surface area contributed by atoms with E-state index in [1.165, 1.54) is 0 Å². The number of aromatic nitrogens is 2. The van der Waals surface area contributed by atoms with E-state index in [2.05, 4.69) is 10.3 Å². The number of nitrogens with zero attached hydrogens (tertiary/aromatic N) is 2. The summed E-state index contributed by atoms with van der Waals surface area (Å²) in [5, 5.41) is 2.90. The molecule has 6 nitrogen and oxygen atoms in total. The van der Waals surface area contributed by atoms with Gasteiger partial charge < -0.3 is 10.1 Å². The van der Waals surface area contributed by atoms with Crippen LogP contribution in [0, 0.1) is 13.8 Å². The smallest absolute Gasteiger partial charge is 0.270 e. The summed E-state index contributed by atoms with van der Waals surface area (Å²) in [4.78, 5) is 28.8. The number of rotatable bonds is 3. The molecular weight excluding hydrogens is 318 g/mol. The summed E-state index contributed by atoms with van der Waals surface area (Å²) in [5.74, 6) is 0.376. The Labute approximate surface area is 144 Å². The van der Waals surface area contributed by atoms with Gasteiger partial charge in [0.15, 0.2) is 6.61 Å². The molecule has 1 aromatic carbocycles. The molecule has 1 aliphatic heterocycles. The topological polar surface area (TPSA) is 72.7 Å². The van der Waals surface area contributed by atoms with Crippen molar-refractivity contribution in [1.82, 2.24) is 14.7 Å². The third-order valence-electron chi connectivity index (χ3n) is 4.33. The van der Waals surface area contributed by atoms with Crippen molar-refractivity contribution in [1.29, 1.82) is 0 Å². The quantitative estimate of drug-likeness (QED) is 0.798. The molecule has 0 fully saturated rings. The van der Waals surface area contributed by atoms with Gasteiger partial charge in [0.1, 0.15) is 17.1 Å². The molecule has 0 bridgehead atoms. The fourth-order valence-corrected chi connectivity index (χ4v) is 3.06. The van der Waals surface area contributed by atoms with Gasteiger partial charge in [0, 0.05) is 12.7 Å². The minimum atomic E-state index is -0.197.